The zero-order valence-electron chi connectivity index (χ0n) is 16.7. The summed E-state index contributed by atoms with van der Waals surface area (Å²) in [6, 6.07) is 0. The highest BCUT2D eigenvalue weighted by Gasteiger charge is 2.68. The van der Waals surface area contributed by atoms with Gasteiger partial charge >= 0.3 is 41.3 Å². The van der Waals surface area contributed by atoms with E-state index >= 15 is 0 Å². The van der Waals surface area contributed by atoms with Crippen LogP contribution < -0.4 is 0 Å². The molecule has 0 aliphatic carbocycles. The average Bonchev–Trinajstić information content (AvgIpc) is 2.64. The maximum atomic E-state index is 13.6. The SMILES string of the molecule is C=C(C(=O)OC(OCCCC(F)(F)C(F)(F)S(=O)(=O)[O-])(C(=O)OCCC)C(F)(F)F)C(F)(F)F. The summed E-state index contributed by atoms with van der Waals surface area (Å²) in [5.74, 6) is -16.1. The molecule has 0 amide bonds. The first-order chi connectivity index (χ1) is 15.0. The summed E-state index contributed by atoms with van der Waals surface area (Å²) in [6.45, 7) is 0.740. The van der Waals surface area contributed by atoms with Gasteiger partial charge in [0.2, 0.25) is 0 Å². The van der Waals surface area contributed by atoms with Crippen molar-refractivity contribution in [2.24, 2.45) is 0 Å². The van der Waals surface area contributed by atoms with Gasteiger partial charge in [0.15, 0.2) is 10.1 Å². The lowest BCUT2D eigenvalue weighted by atomic mass is 10.2. The number of ether oxygens (including phenoxy) is 3. The van der Waals surface area contributed by atoms with Gasteiger partial charge in [-0.1, -0.05) is 13.5 Å². The van der Waals surface area contributed by atoms with Gasteiger partial charge in [0, 0.05) is 6.42 Å². The second-order valence-corrected chi connectivity index (χ2v) is 7.66. The molecule has 0 aromatic heterocycles. The summed E-state index contributed by atoms with van der Waals surface area (Å²) in [4.78, 5) is 23.4. The zero-order chi connectivity index (χ0) is 27.4. The van der Waals surface area contributed by atoms with Crippen molar-refractivity contribution in [2.75, 3.05) is 13.2 Å². The number of carbonyl (C=O) groups is 2. The number of halogens is 10. The van der Waals surface area contributed by atoms with Crippen molar-refractivity contribution in [1.29, 1.82) is 0 Å². The van der Waals surface area contributed by atoms with E-state index in [1.165, 1.54) is 6.92 Å². The van der Waals surface area contributed by atoms with Crippen LogP contribution in [0.2, 0.25) is 0 Å². The van der Waals surface area contributed by atoms with E-state index in [9.17, 15) is 66.5 Å². The molecule has 0 saturated heterocycles. The highest BCUT2D eigenvalue weighted by atomic mass is 32.2. The van der Waals surface area contributed by atoms with E-state index in [0.29, 0.717) is 0 Å². The molecule has 0 aliphatic heterocycles. The number of hydrogen-bond donors (Lipinski definition) is 0. The Morgan fingerprint density at radius 3 is 1.82 bits per heavy atom. The average molecular weight is 545 g/mol. The number of hydrogen-bond acceptors (Lipinski definition) is 8. The Morgan fingerprint density at radius 1 is 0.941 bits per heavy atom. The highest BCUT2D eigenvalue weighted by Crippen LogP contribution is 2.42. The molecule has 0 aromatic rings. The van der Waals surface area contributed by atoms with Gasteiger partial charge in [-0.2, -0.15) is 43.9 Å². The Labute approximate surface area is 184 Å². The first-order valence-electron chi connectivity index (χ1n) is 8.56. The van der Waals surface area contributed by atoms with Crippen LogP contribution in [-0.4, -0.2) is 67.4 Å². The van der Waals surface area contributed by atoms with Crippen molar-refractivity contribution < 1.29 is 80.7 Å². The summed E-state index contributed by atoms with van der Waals surface area (Å²) >= 11 is 0. The molecule has 0 aliphatic rings. The Morgan fingerprint density at radius 2 is 1.44 bits per heavy atom. The van der Waals surface area contributed by atoms with Crippen LogP contribution in [0.5, 0.6) is 0 Å². The molecule has 1 atom stereocenters. The van der Waals surface area contributed by atoms with Gasteiger partial charge in [0.25, 0.3) is 0 Å². The van der Waals surface area contributed by atoms with E-state index in [2.05, 4.69) is 20.8 Å². The second kappa shape index (κ2) is 10.6. The van der Waals surface area contributed by atoms with Gasteiger partial charge < -0.3 is 18.8 Å². The predicted molar refractivity (Wildman–Crippen MR) is 86.1 cm³/mol. The summed E-state index contributed by atoms with van der Waals surface area (Å²) in [6.07, 6.45) is -16.0. The minimum absolute atomic E-state index is 0.159. The fourth-order valence-electron chi connectivity index (χ4n) is 1.82. The third-order valence-electron chi connectivity index (χ3n) is 3.58. The third kappa shape index (κ3) is 7.17. The normalized spacial score (nSPS) is 15.4. The number of carbonyl (C=O) groups excluding carboxylic acids is 2. The Hall–Kier alpha value is -2.15. The zero-order valence-corrected chi connectivity index (χ0v) is 17.5. The number of rotatable bonds is 12. The predicted octanol–water partition coefficient (Wildman–Crippen LogP) is 3.43. The summed E-state index contributed by atoms with van der Waals surface area (Å²) < 4.78 is 174. The molecule has 19 heteroatoms. The van der Waals surface area contributed by atoms with Crippen molar-refractivity contribution in [3.05, 3.63) is 12.2 Å². The maximum absolute atomic E-state index is 13.6. The molecular formula is C15H15F10O8S-. The molecule has 200 valence electrons. The van der Waals surface area contributed by atoms with E-state index in [1.54, 1.807) is 0 Å². The first-order valence-corrected chi connectivity index (χ1v) is 9.97. The molecule has 0 N–H and O–H groups in total. The lowest BCUT2D eigenvalue weighted by Gasteiger charge is -2.33. The molecular weight excluding hydrogens is 530 g/mol. The Bertz CT molecular complexity index is 865. The molecule has 0 aromatic carbocycles. The molecule has 0 saturated carbocycles. The minimum Gasteiger partial charge on any atom is -0.743 e. The van der Waals surface area contributed by atoms with Gasteiger partial charge in [-0.05, 0) is 12.8 Å². The van der Waals surface area contributed by atoms with Crippen molar-refractivity contribution >= 4 is 22.1 Å². The van der Waals surface area contributed by atoms with Gasteiger partial charge in [0.1, 0.15) is 5.57 Å². The van der Waals surface area contributed by atoms with Gasteiger partial charge in [-0.15, -0.1) is 0 Å². The molecule has 0 radical (unpaired) electrons. The lowest BCUT2D eigenvalue weighted by molar-refractivity contribution is -0.355. The highest BCUT2D eigenvalue weighted by molar-refractivity contribution is 7.86. The maximum Gasteiger partial charge on any atom is 0.468 e. The van der Waals surface area contributed by atoms with Crippen LogP contribution in [0, 0.1) is 0 Å². The second-order valence-electron chi connectivity index (χ2n) is 6.24. The first kappa shape index (κ1) is 31.9. The van der Waals surface area contributed by atoms with E-state index in [0.717, 1.165) is 0 Å². The molecule has 8 nitrogen and oxygen atoms in total. The van der Waals surface area contributed by atoms with Crippen molar-refractivity contribution in [3.8, 4) is 0 Å². The summed E-state index contributed by atoms with van der Waals surface area (Å²) in [5.41, 5.74) is -2.54. The smallest absolute Gasteiger partial charge is 0.468 e. The van der Waals surface area contributed by atoms with Crippen LogP contribution in [0.25, 0.3) is 0 Å². The van der Waals surface area contributed by atoms with Crippen LogP contribution in [0.1, 0.15) is 26.2 Å². The van der Waals surface area contributed by atoms with Crippen LogP contribution in [-0.2, 0) is 33.9 Å². The van der Waals surface area contributed by atoms with Crippen molar-refractivity contribution in [1.82, 2.24) is 0 Å². The largest absolute Gasteiger partial charge is 0.743 e. The number of alkyl halides is 10. The Kier molecular flexibility index (Phi) is 9.96. The van der Waals surface area contributed by atoms with Crippen molar-refractivity contribution in [2.45, 2.75) is 55.5 Å². The fraction of sp³-hybridized carbons (Fsp3) is 0.733. The minimum atomic E-state index is -6.93. The van der Waals surface area contributed by atoms with Gasteiger partial charge in [-0.25, -0.2) is 18.0 Å². The molecule has 1 unspecified atom stereocenters. The van der Waals surface area contributed by atoms with E-state index in [-0.39, 0.29) is 6.42 Å². The standard InChI is InChI=1S/C15H16F10O8S/c1-3-6-31-10(27)12(14(21,22)23,33-9(26)8(2)13(18,19)20)32-7-4-5-11(16,17)15(24,25)34(28,29)30/h2-7H2,1H3,(H,28,29,30)/p-1. The lowest BCUT2D eigenvalue weighted by Crippen LogP contribution is -2.58. The fourth-order valence-corrected chi connectivity index (χ4v) is 2.29. The molecule has 0 bridgehead atoms. The quantitative estimate of drug-likeness (QED) is 0.0915. The molecule has 0 spiro atoms. The van der Waals surface area contributed by atoms with Gasteiger partial charge in [0.05, 0.1) is 13.2 Å². The number of esters is 2. The summed E-state index contributed by atoms with van der Waals surface area (Å²) in [7, 11) is -6.93. The van der Waals surface area contributed by atoms with Crippen LogP contribution in [0.3, 0.4) is 0 Å². The van der Waals surface area contributed by atoms with Crippen LogP contribution >= 0.6 is 0 Å². The van der Waals surface area contributed by atoms with E-state index in [1.807, 2.05) is 0 Å². The monoisotopic (exact) mass is 545 g/mol. The Balaban J connectivity index is 5.95. The molecule has 0 heterocycles. The van der Waals surface area contributed by atoms with E-state index in [4.69, 9.17) is 0 Å². The third-order valence-corrected chi connectivity index (χ3v) is 4.51. The van der Waals surface area contributed by atoms with Crippen molar-refractivity contribution in [3.63, 3.8) is 0 Å². The molecule has 0 fully saturated rings. The molecule has 0 rings (SSSR count). The van der Waals surface area contributed by atoms with Crippen LogP contribution in [0.15, 0.2) is 12.2 Å². The van der Waals surface area contributed by atoms with Crippen LogP contribution in [0.4, 0.5) is 43.9 Å². The summed E-state index contributed by atoms with van der Waals surface area (Å²) in [5, 5.41) is -6.20. The topological polar surface area (TPSA) is 119 Å². The van der Waals surface area contributed by atoms with Gasteiger partial charge in [-0.3, -0.25) is 0 Å². The molecule has 34 heavy (non-hydrogen) atoms. The van der Waals surface area contributed by atoms with E-state index < -0.39 is 83.0 Å².